The lowest BCUT2D eigenvalue weighted by molar-refractivity contribution is -0.139. The second-order valence-electron chi connectivity index (χ2n) is 3.80. The van der Waals surface area contributed by atoms with E-state index in [2.05, 4.69) is 4.98 Å². The highest BCUT2D eigenvalue weighted by Crippen LogP contribution is 2.03. The average molecular weight is 224 g/mol. The van der Waals surface area contributed by atoms with Crippen molar-refractivity contribution in [3.05, 3.63) is 30.1 Å². The van der Waals surface area contributed by atoms with Crippen LogP contribution < -0.4 is 0 Å². The van der Waals surface area contributed by atoms with E-state index in [-0.39, 0.29) is 6.42 Å². The molecule has 0 aliphatic carbocycles. The Labute approximate surface area is 94.4 Å². The van der Waals surface area contributed by atoms with E-state index in [4.69, 9.17) is 5.11 Å². The quantitative estimate of drug-likeness (QED) is 0.729. The van der Waals surface area contributed by atoms with Crippen LogP contribution in [-0.2, 0) is 11.3 Å². The molecule has 5 nitrogen and oxygen atoms in total. The van der Waals surface area contributed by atoms with Crippen molar-refractivity contribution in [2.45, 2.75) is 19.1 Å². The Morgan fingerprint density at radius 1 is 1.50 bits per heavy atom. The summed E-state index contributed by atoms with van der Waals surface area (Å²) in [5.41, 5.74) is 1.08. The highest BCUT2D eigenvalue weighted by Gasteiger charge is 2.12. The zero-order valence-corrected chi connectivity index (χ0v) is 9.21. The maximum Gasteiger partial charge on any atom is 0.306 e. The molecule has 1 unspecified atom stereocenters. The number of hydrogen-bond donors (Lipinski definition) is 2. The molecule has 88 valence electrons. The maximum absolute atomic E-state index is 10.4. The van der Waals surface area contributed by atoms with Gasteiger partial charge in [0.25, 0.3) is 0 Å². The van der Waals surface area contributed by atoms with Gasteiger partial charge < -0.3 is 10.2 Å². The standard InChI is InChI=1S/C11H16N2O3/c1-13(8-10(14)6-11(15)16)7-9-2-4-12-5-3-9/h2-5,10,14H,6-8H2,1H3,(H,15,16). The van der Waals surface area contributed by atoms with Gasteiger partial charge in [0, 0.05) is 25.5 Å². The van der Waals surface area contributed by atoms with Gasteiger partial charge in [-0.25, -0.2) is 0 Å². The fourth-order valence-electron chi connectivity index (χ4n) is 1.49. The van der Waals surface area contributed by atoms with Crippen LogP contribution in [0.15, 0.2) is 24.5 Å². The van der Waals surface area contributed by atoms with Gasteiger partial charge in [-0.3, -0.25) is 14.7 Å². The first-order valence-corrected chi connectivity index (χ1v) is 5.05. The van der Waals surface area contributed by atoms with E-state index < -0.39 is 12.1 Å². The summed E-state index contributed by atoms with van der Waals surface area (Å²) in [6.07, 6.45) is 2.36. The number of pyridine rings is 1. The molecule has 2 N–H and O–H groups in total. The van der Waals surface area contributed by atoms with Crippen LogP contribution in [0.5, 0.6) is 0 Å². The van der Waals surface area contributed by atoms with Gasteiger partial charge in [0.05, 0.1) is 12.5 Å². The van der Waals surface area contributed by atoms with Crippen molar-refractivity contribution in [3.63, 3.8) is 0 Å². The van der Waals surface area contributed by atoms with Crippen LogP contribution >= 0.6 is 0 Å². The fourth-order valence-corrected chi connectivity index (χ4v) is 1.49. The third kappa shape index (κ3) is 4.86. The summed E-state index contributed by atoms with van der Waals surface area (Å²) in [4.78, 5) is 16.1. The van der Waals surface area contributed by atoms with Crippen molar-refractivity contribution in [2.75, 3.05) is 13.6 Å². The number of likely N-dealkylation sites (N-methyl/N-ethyl adjacent to an activating group) is 1. The average Bonchev–Trinajstić information content (AvgIpc) is 2.17. The molecule has 1 aromatic heterocycles. The lowest BCUT2D eigenvalue weighted by atomic mass is 10.2. The smallest absolute Gasteiger partial charge is 0.306 e. The van der Waals surface area contributed by atoms with Gasteiger partial charge in [0.2, 0.25) is 0 Å². The molecule has 5 heteroatoms. The molecule has 1 heterocycles. The monoisotopic (exact) mass is 224 g/mol. The van der Waals surface area contributed by atoms with Crippen molar-refractivity contribution in [3.8, 4) is 0 Å². The van der Waals surface area contributed by atoms with Crippen LogP contribution in [-0.4, -0.2) is 45.8 Å². The fraction of sp³-hybridized carbons (Fsp3) is 0.455. The van der Waals surface area contributed by atoms with Gasteiger partial charge >= 0.3 is 5.97 Å². The molecule has 16 heavy (non-hydrogen) atoms. The van der Waals surface area contributed by atoms with E-state index in [0.717, 1.165) is 5.56 Å². The summed E-state index contributed by atoms with van der Waals surface area (Å²) in [6.45, 7) is 1.01. The molecule has 0 aliphatic heterocycles. The Bertz CT molecular complexity index is 329. The maximum atomic E-state index is 10.4. The molecule has 0 saturated heterocycles. The SMILES string of the molecule is CN(Cc1ccncc1)CC(O)CC(=O)O. The second-order valence-corrected chi connectivity index (χ2v) is 3.80. The summed E-state index contributed by atoms with van der Waals surface area (Å²) in [5, 5.41) is 17.9. The van der Waals surface area contributed by atoms with Crippen LogP contribution in [0.3, 0.4) is 0 Å². The van der Waals surface area contributed by atoms with Crippen molar-refractivity contribution >= 4 is 5.97 Å². The molecule has 0 saturated carbocycles. The van der Waals surface area contributed by atoms with Gasteiger partial charge in [-0.15, -0.1) is 0 Å². The van der Waals surface area contributed by atoms with E-state index in [0.29, 0.717) is 13.1 Å². The molecule has 1 atom stereocenters. The number of rotatable bonds is 6. The minimum Gasteiger partial charge on any atom is -0.481 e. The third-order valence-electron chi connectivity index (χ3n) is 2.13. The number of aliphatic hydroxyl groups excluding tert-OH is 1. The Kier molecular flexibility index (Phi) is 4.88. The summed E-state index contributed by atoms with van der Waals surface area (Å²) in [5.74, 6) is -0.982. The first-order chi connectivity index (χ1) is 7.58. The van der Waals surface area contributed by atoms with Gasteiger partial charge in [0.15, 0.2) is 0 Å². The Morgan fingerprint density at radius 3 is 2.69 bits per heavy atom. The summed E-state index contributed by atoms with van der Waals surface area (Å²) in [7, 11) is 1.84. The molecule has 0 fully saturated rings. The lowest BCUT2D eigenvalue weighted by Crippen LogP contribution is -2.30. The van der Waals surface area contributed by atoms with Crippen LogP contribution in [0, 0.1) is 0 Å². The Hall–Kier alpha value is -1.46. The van der Waals surface area contributed by atoms with Crippen LogP contribution in [0.25, 0.3) is 0 Å². The van der Waals surface area contributed by atoms with Gasteiger partial charge in [0.1, 0.15) is 0 Å². The van der Waals surface area contributed by atoms with E-state index in [1.54, 1.807) is 12.4 Å². The number of nitrogens with zero attached hydrogens (tertiary/aromatic N) is 2. The zero-order valence-electron chi connectivity index (χ0n) is 9.21. The number of carboxylic acids is 1. The molecule has 1 aromatic rings. The van der Waals surface area contributed by atoms with E-state index in [1.165, 1.54) is 0 Å². The van der Waals surface area contributed by atoms with Gasteiger partial charge in [-0.05, 0) is 24.7 Å². The van der Waals surface area contributed by atoms with Gasteiger partial charge in [-0.1, -0.05) is 0 Å². The summed E-state index contributed by atoms with van der Waals surface area (Å²) < 4.78 is 0. The van der Waals surface area contributed by atoms with Gasteiger partial charge in [-0.2, -0.15) is 0 Å². The number of aromatic nitrogens is 1. The molecular weight excluding hydrogens is 208 g/mol. The van der Waals surface area contributed by atoms with Crippen molar-refractivity contribution < 1.29 is 15.0 Å². The molecular formula is C11H16N2O3. The third-order valence-corrected chi connectivity index (χ3v) is 2.13. The zero-order chi connectivity index (χ0) is 12.0. The predicted molar refractivity (Wildman–Crippen MR) is 58.8 cm³/mol. The van der Waals surface area contributed by atoms with Crippen LogP contribution in [0.2, 0.25) is 0 Å². The summed E-state index contributed by atoms with van der Waals surface area (Å²) in [6, 6.07) is 3.78. The van der Waals surface area contributed by atoms with E-state index >= 15 is 0 Å². The van der Waals surface area contributed by atoms with E-state index in [1.807, 2.05) is 24.1 Å². The first-order valence-electron chi connectivity index (χ1n) is 5.05. The molecule has 0 radical (unpaired) electrons. The Balaban J connectivity index is 2.36. The number of carbonyl (C=O) groups is 1. The molecule has 0 aromatic carbocycles. The second kappa shape index (κ2) is 6.19. The first kappa shape index (κ1) is 12.6. The highest BCUT2D eigenvalue weighted by molar-refractivity contribution is 5.67. The summed E-state index contributed by atoms with van der Waals surface area (Å²) >= 11 is 0. The Morgan fingerprint density at radius 2 is 2.12 bits per heavy atom. The minimum atomic E-state index is -0.982. The van der Waals surface area contributed by atoms with Crippen LogP contribution in [0.1, 0.15) is 12.0 Å². The normalized spacial score (nSPS) is 12.7. The van der Waals surface area contributed by atoms with Crippen molar-refractivity contribution in [2.24, 2.45) is 0 Å². The molecule has 0 bridgehead atoms. The molecule has 0 aliphatic rings. The van der Waals surface area contributed by atoms with Crippen LogP contribution in [0.4, 0.5) is 0 Å². The number of carboxylic acid groups (broad SMARTS) is 1. The van der Waals surface area contributed by atoms with Crippen molar-refractivity contribution in [1.29, 1.82) is 0 Å². The van der Waals surface area contributed by atoms with E-state index in [9.17, 15) is 9.90 Å². The number of aliphatic hydroxyl groups is 1. The molecule has 0 spiro atoms. The highest BCUT2D eigenvalue weighted by atomic mass is 16.4. The van der Waals surface area contributed by atoms with Crippen molar-refractivity contribution in [1.82, 2.24) is 9.88 Å². The molecule has 0 amide bonds. The predicted octanol–water partition coefficient (Wildman–Crippen LogP) is 0.349. The minimum absolute atomic E-state index is 0.222. The molecule has 1 rings (SSSR count). The largest absolute Gasteiger partial charge is 0.481 e. The number of aliphatic carboxylic acids is 1. The lowest BCUT2D eigenvalue weighted by Gasteiger charge is -2.19. The number of hydrogen-bond acceptors (Lipinski definition) is 4. The topological polar surface area (TPSA) is 73.7 Å².